The van der Waals surface area contributed by atoms with Gasteiger partial charge in [-0.2, -0.15) is 0 Å². The van der Waals surface area contributed by atoms with Gasteiger partial charge < -0.3 is 14.7 Å². The molecule has 4 rings (SSSR count). The number of Topliss-reactive ketones (excluding diaryl/α,β-unsaturated/α-hetero) is 1. The van der Waals surface area contributed by atoms with E-state index < -0.39 is 17.7 Å². The van der Waals surface area contributed by atoms with Gasteiger partial charge in [-0.3, -0.25) is 9.59 Å². The molecule has 1 atom stereocenters. The highest BCUT2D eigenvalue weighted by Gasteiger charge is 2.46. The molecule has 3 aromatic carbocycles. The maximum absolute atomic E-state index is 13.2. The highest BCUT2D eigenvalue weighted by Crippen LogP contribution is 2.40. The number of hydrogen-bond acceptors (Lipinski definition) is 4. The van der Waals surface area contributed by atoms with Crippen molar-refractivity contribution < 1.29 is 19.4 Å². The lowest BCUT2D eigenvalue weighted by Gasteiger charge is -2.26. The third kappa shape index (κ3) is 4.60. The van der Waals surface area contributed by atoms with Crippen LogP contribution in [0.25, 0.3) is 5.76 Å². The zero-order valence-electron chi connectivity index (χ0n) is 19.7. The number of amides is 1. The minimum Gasteiger partial charge on any atom is -0.507 e. The molecule has 1 unspecified atom stereocenters. The standard InChI is InChI=1S/C29H29NO4/c1-4-34-24-16-14-23(15-17-24)27(31)25-26(22-12-10-21(11-13-22)19(2)3)30(29(33)28(25)32)18-20-8-6-5-7-9-20/h5-17,19,26,31H,4,18H2,1-3H3/b27-25+. The monoisotopic (exact) mass is 455 g/mol. The number of ether oxygens (including phenoxy) is 1. The van der Waals surface area contributed by atoms with E-state index in [9.17, 15) is 14.7 Å². The topological polar surface area (TPSA) is 66.8 Å². The van der Waals surface area contributed by atoms with Gasteiger partial charge in [0.15, 0.2) is 0 Å². The molecule has 3 aromatic rings. The van der Waals surface area contributed by atoms with E-state index in [2.05, 4.69) is 13.8 Å². The highest BCUT2D eigenvalue weighted by molar-refractivity contribution is 6.46. The second-order valence-electron chi connectivity index (χ2n) is 8.69. The lowest BCUT2D eigenvalue weighted by atomic mass is 9.93. The molecule has 5 heteroatoms. The largest absolute Gasteiger partial charge is 0.507 e. The van der Waals surface area contributed by atoms with Crippen LogP contribution in [0.4, 0.5) is 0 Å². The van der Waals surface area contributed by atoms with Crippen LogP contribution in [-0.2, 0) is 16.1 Å². The third-order valence-corrected chi connectivity index (χ3v) is 6.09. The van der Waals surface area contributed by atoms with E-state index in [0.29, 0.717) is 23.8 Å². The summed E-state index contributed by atoms with van der Waals surface area (Å²) in [4.78, 5) is 27.9. The predicted octanol–water partition coefficient (Wildman–Crippen LogP) is 5.83. The predicted molar refractivity (Wildman–Crippen MR) is 132 cm³/mol. The second kappa shape index (κ2) is 9.96. The number of benzene rings is 3. The Morgan fingerprint density at radius 2 is 1.59 bits per heavy atom. The van der Waals surface area contributed by atoms with Gasteiger partial charge in [-0.1, -0.05) is 68.4 Å². The van der Waals surface area contributed by atoms with Crippen molar-refractivity contribution >= 4 is 17.4 Å². The number of hydrogen-bond donors (Lipinski definition) is 1. The van der Waals surface area contributed by atoms with E-state index in [-0.39, 0.29) is 17.9 Å². The van der Waals surface area contributed by atoms with E-state index in [1.807, 2.05) is 61.5 Å². The third-order valence-electron chi connectivity index (χ3n) is 6.09. The normalized spacial score (nSPS) is 17.4. The van der Waals surface area contributed by atoms with Crippen molar-refractivity contribution in [1.82, 2.24) is 4.90 Å². The maximum Gasteiger partial charge on any atom is 0.295 e. The maximum atomic E-state index is 13.2. The summed E-state index contributed by atoms with van der Waals surface area (Å²) in [5.41, 5.74) is 3.42. The van der Waals surface area contributed by atoms with Crippen LogP contribution in [0.15, 0.2) is 84.4 Å². The van der Waals surface area contributed by atoms with Crippen molar-refractivity contribution in [3.63, 3.8) is 0 Å². The molecule has 0 saturated carbocycles. The van der Waals surface area contributed by atoms with Crippen molar-refractivity contribution in [1.29, 1.82) is 0 Å². The van der Waals surface area contributed by atoms with Gasteiger partial charge in [0.2, 0.25) is 0 Å². The van der Waals surface area contributed by atoms with Gasteiger partial charge in [-0.25, -0.2) is 0 Å². The molecule has 0 aliphatic carbocycles. The Morgan fingerprint density at radius 1 is 0.941 bits per heavy atom. The summed E-state index contributed by atoms with van der Waals surface area (Å²) in [5, 5.41) is 11.2. The number of carbonyl (C=O) groups is 2. The van der Waals surface area contributed by atoms with Crippen LogP contribution in [0, 0.1) is 0 Å². The Morgan fingerprint density at radius 3 is 2.18 bits per heavy atom. The number of nitrogens with zero attached hydrogens (tertiary/aromatic N) is 1. The van der Waals surface area contributed by atoms with E-state index in [4.69, 9.17) is 4.74 Å². The number of aliphatic hydroxyl groups excluding tert-OH is 1. The van der Waals surface area contributed by atoms with Crippen molar-refractivity contribution in [3.05, 3.63) is 107 Å². The molecule has 0 spiro atoms. The minimum absolute atomic E-state index is 0.0994. The van der Waals surface area contributed by atoms with Crippen LogP contribution in [0.3, 0.4) is 0 Å². The van der Waals surface area contributed by atoms with Crippen molar-refractivity contribution in [2.24, 2.45) is 0 Å². The lowest BCUT2D eigenvalue weighted by Crippen LogP contribution is -2.29. The van der Waals surface area contributed by atoms with E-state index >= 15 is 0 Å². The molecule has 1 amide bonds. The van der Waals surface area contributed by atoms with Crippen molar-refractivity contribution in [3.8, 4) is 5.75 Å². The molecule has 0 bridgehead atoms. The Hall–Kier alpha value is -3.86. The number of ketones is 1. The molecule has 174 valence electrons. The van der Waals surface area contributed by atoms with Gasteiger partial charge in [0, 0.05) is 12.1 Å². The van der Waals surface area contributed by atoms with Gasteiger partial charge in [0.05, 0.1) is 18.2 Å². The summed E-state index contributed by atoms with van der Waals surface area (Å²) >= 11 is 0. The molecule has 1 aliphatic rings. The Balaban J connectivity index is 1.81. The molecular weight excluding hydrogens is 426 g/mol. The smallest absolute Gasteiger partial charge is 0.295 e. The van der Waals surface area contributed by atoms with Crippen LogP contribution in [0.1, 0.15) is 55.0 Å². The van der Waals surface area contributed by atoms with Gasteiger partial charge in [-0.05, 0) is 53.8 Å². The average Bonchev–Trinajstić information content (AvgIpc) is 3.10. The number of likely N-dealkylation sites (tertiary alicyclic amines) is 1. The Bertz CT molecular complexity index is 1200. The van der Waals surface area contributed by atoms with Crippen molar-refractivity contribution in [2.75, 3.05) is 6.61 Å². The highest BCUT2D eigenvalue weighted by atomic mass is 16.5. The first-order valence-corrected chi connectivity index (χ1v) is 11.6. The molecule has 1 saturated heterocycles. The molecule has 0 aromatic heterocycles. The van der Waals surface area contributed by atoms with Crippen LogP contribution < -0.4 is 4.74 Å². The minimum atomic E-state index is -0.687. The number of rotatable bonds is 7. The van der Waals surface area contributed by atoms with E-state index in [0.717, 1.165) is 16.7 Å². The molecule has 34 heavy (non-hydrogen) atoms. The SMILES string of the molecule is CCOc1ccc(/C(O)=C2\C(=O)C(=O)N(Cc3ccccc3)C2c2ccc(C(C)C)cc2)cc1. The van der Waals surface area contributed by atoms with Gasteiger partial charge in [0.1, 0.15) is 11.5 Å². The average molecular weight is 456 g/mol. The molecule has 1 N–H and O–H groups in total. The molecule has 1 fully saturated rings. The summed E-state index contributed by atoms with van der Waals surface area (Å²) in [6.45, 7) is 6.92. The quantitative estimate of drug-likeness (QED) is 0.276. The summed E-state index contributed by atoms with van der Waals surface area (Å²) in [5.74, 6) is -0.456. The summed E-state index contributed by atoms with van der Waals surface area (Å²) in [7, 11) is 0. The van der Waals surface area contributed by atoms with Crippen molar-refractivity contribution in [2.45, 2.75) is 39.3 Å². The summed E-state index contributed by atoms with van der Waals surface area (Å²) < 4.78 is 5.48. The van der Waals surface area contributed by atoms with E-state index in [1.54, 1.807) is 29.2 Å². The molecule has 0 radical (unpaired) electrons. The van der Waals surface area contributed by atoms with Crippen LogP contribution in [0.2, 0.25) is 0 Å². The van der Waals surface area contributed by atoms with Crippen LogP contribution >= 0.6 is 0 Å². The fourth-order valence-electron chi connectivity index (χ4n) is 4.26. The van der Waals surface area contributed by atoms with E-state index in [1.165, 1.54) is 0 Å². The summed E-state index contributed by atoms with van der Waals surface area (Å²) in [6.07, 6.45) is 0. The zero-order valence-corrected chi connectivity index (χ0v) is 19.7. The molecule has 1 aliphatic heterocycles. The lowest BCUT2D eigenvalue weighted by molar-refractivity contribution is -0.140. The molecular formula is C29H29NO4. The number of carbonyl (C=O) groups excluding carboxylic acids is 2. The zero-order chi connectivity index (χ0) is 24.2. The first kappa shape index (κ1) is 23.3. The summed E-state index contributed by atoms with van der Waals surface area (Å²) in [6, 6.07) is 23.7. The number of aliphatic hydroxyl groups is 1. The van der Waals surface area contributed by atoms with Gasteiger partial charge >= 0.3 is 0 Å². The second-order valence-corrected chi connectivity index (χ2v) is 8.69. The Labute approximate surface area is 200 Å². The Kier molecular flexibility index (Phi) is 6.82. The first-order valence-electron chi connectivity index (χ1n) is 11.6. The fourth-order valence-corrected chi connectivity index (χ4v) is 4.26. The van der Waals surface area contributed by atoms with Gasteiger partial charge in [0.25, 0.3) is 11.7 Å². The first-order chi connectivity index (χ1) is 16.4. The fraction of sp³-hybridized carbons (Fsp3) is 0.241. The molecule has 5 nitrogen and oxygen atoms in total. The molecule has 1 heterocycles. The van der Waals surface area contributed by atoms with Crippen LogP contribution in [-0.4, -0.2) is 28.3 Å². The van der Waals surface area contributed by atoms with Gasteiger partial charge in [-0.15, -0.1) is 0 Å². The van der Waals surface area contributed by atoms with Crippen LogP contribution in [0.5, 0.6) is 5.75 Å².